The maximum absolute atomic E-state index is 6.35. The Morgan fingerprint density at radius 2 is 2.00 bits per heavy atom. The minimum absolute atomic E-state index is 0.149. The molecule has 0 amide bonds. The first kappa shape index (κ1) is 15.3. The van der Waals surface area contributed by atoms with E-state index in [-0.39, 0.29) is 12.2 Å². The third-order valence-corrected chi connectivity index (χ3v) is 4.42. The lowest BCUT2D eigenvalue weighted by molar-refractivity contribution is -0.108. The number of rotatable bonds is 4. The van der Waals surface area contributed by atoms with Crippen LogP contribution < -0.4 is 0 Å². The highest BCUT2D eigenvalue weighted by Crippen LogP contribution is 2.28. The highest BCUT2D eigenvalue weighted by Gasteiger charge is 2.30. The van der Waals surface area contributed by atoms with Gasteiger partial charge in [0.2, 0.25) is 0 Å². The van der Waals surface area contributed by atoms with Gasteiger partial charge in [-0.05, 0) is 11.5 Å². The van der Waals surface area contributed by atoms with Gasteiger partial charge in [-0.3, -0.25) is 4.90 Å². The van der Waals surface area contributed by atoms with Crippen LogP contribution in [0.25, 0.3) is 0 Å². The van der Waals surface area contributed by atoms with Gasteiger partial charge in [-0.25, -0.2) is 4.98 Å². The summed E-state index contributed by atoms with van der Waals surface area (Å²) < 4.78 is 8.44. The van der Waals surface area contributed by atoms with Crippen molar-refractivity contribution in [3.8, 4) is 0 Å². The van der Waals surface area contributed by atoms with Gasteiger partial charge < -0.3 is 9.30 Å². The van der Waals surface area contributed by atoms with Gasteiger partial charge in [0.1, 0.15) is 0 Å². The maximum Gasteiger partial charge on any atom is 0.0956 e. The van der Waals surface area contributed by atoms with E-state index in [1.807, 2.05) is 12.5 Å². The fourth-order valence-electron chi connectivity index (χ4n) is 2.98. The zero-order valence-corrected chi connectivity index (χ0v) is 13.6. The van der Waals surface area contributed by atoms with E-state index in [2.05, 4.69) is 65.7 Å². The van der Waals surface area contributed by atoms with Crippen LogP contribution in [0.3, 0.4) is 0 Å². The zero-order valence-electron chi connectivity index (χ0n) is 13.6. The standard InChI is InChI=1S/C18H25N3O/c1-14(2)17-11-21(10-16-9-19-13-20(16)3)12-18(22-17)15-7-5-4-6-8-15/h4-9,13-14,17-18H,10-12H2,1-3H3/t17-,18+/m1/s1. The first-order valence-corrected chi connectivity index (χ1v) is 8.01. The van der Waals surface area contributed by atoms with Gasteiger partial charge in [-0.2, -0.15) is 0 Å². The Labute approximate surface area is 132 Å². The third-order valence-electron chi connectivity index (χ3n) is 4.42. The second-order valence-electron chi connectivity index (χ2n) is 6.51. The SMILES string of the molecule is CC(C)[C@H]1CN(Cc2cncn2C)C[C@@H](c2ccccc2)O1. The maximum atomic E-state index is 6.35. The van der Waals surface area contributed by atoms with Crippen molar-refractivity contribution >= 4 is 0 Å². The summed E-state index contributed by atoms with van der Waals surface area (Å²) in [6.07, 6.45) is 4.24. The van der Waals surface area contributed by atoms with Crippen molar-refractivity contribution < 1.29 is 4.74 Å². The predicted molar refractivity (Wildman–Crippen MR) is 87.4 cm³/mol. The minimum Gasteiger partial charge on any atom is -0.367 e. The number of aromatic nitrogens is 2. The molecule has 22 heavy (non-hydrogen) atoms. The number of ether oxygens (including phenoxy) is 1. The van der Waals surface area contributed by atoms with Gasteiger partial charge in [0.15, 0.2) is 0 Å². The molecule has 0 saturated carbocycles. The molecule has 4 heteroatoms. The number of aryl methyl sites for hydroxylation is 1. The molecule has 1 aliphatic heterocycles. The average Bonchev–Trinajstić information content (AvgIpc) is 2.93. The van der Waals surface area contributed by atoms with E-state index >= 15 is 0 Å². The van der Waals surface area contributed by atoms with E-state index in [0.717, 1.165) is 19.6 Å². The molecule has 0 radical (unpaired) electrons. The van der Waals surface area contributed by atoms with E-state index in [9.17, 15) is 0 Å². The van der Waals surface area contributed by atoms with Gasteiger partial charge >= 0.3 is 0 Å². The topological polar surface area (TPSA) is 30.3 Å². The van der Waals surface area contributed by atoms with Crippen LogP contribution >= 0.6 is 0 Å². The van der Waals surface area contributed by atoms with Gasteiger partial charge in [0.05, 0.1) is 24.2 Å². The van der Waals surface area contributed by atoms with E-state index in [1.165, 1.54) is 11.3 Å². The number of nitrogens with zero attached hydrogens (tertiary/aromatic N) is 3. The molecule has 1 saturated heterocycles. The molecule has 1 aromatic heterocycles. The molecule has 2 atom stereocenters. The second kappa shape index (κ2) is 6.63. The van der Waals surface area contributed by atoms with Gasteiger partial charge in [-0.1, -0.05) is 44.2 Å². The summed E-state index contributed by atoms with van der Waals surface area (Å²) in [5.74, 6) is 0.514. The number of hydrogen-bond acceptors (Lipinski definition) is 3. The van der Waals surface area contributed by atoms with Crippen molar-refractivity contribution in [1.29, 1.82) is 0 Å². The van der Waals surface area contributed by atoms with Crippen molar-refractivity contribution in [3.05, 3.63) is 54.1 Å². The summed E-state index contributed by atoms with van der Waals surface area (Å²) in [5, 5.41) is 0. The summed E-state index contributed by atoms with van der Waals surface area (Å²) >= 11 is 0. The summed E-state index contributed by atoms with van der Waals surface area (Å²) in [5.41, 5.74) is 2.51. The van der Waals surface area contributed by atoms with Crippen molar-refractivity contribution in [1.82, 2.24) is 14.5 Å². The Morgan fingerprint density at radius 1 is 1.23 bits per heavy atom. The van der Waals surface area contributed by atoms with Crippen LogP contribution in [0.2, 0.25) is 0 Å². The Hall–Kier alpha value is -1.65. The zero-order chi connectivity index (χ0) is 15.5. The number of benzene rings is 1. The monoisotopic (exact) mass is 299 g/mol. The lowest BCUT2D eigenvalue weighted by Crippen LogP contribution is -2.45. The molecular formula is C18H25N3O. The molecule has 0 spiro atoms. The molecule has 4 nitrogen and oxygen atoms in total. The molecular weight excluding hydrogens is 274 g/mol. The first-order valence-electron chi connectivity index (χ1n) is 8.01. The summed E-state index contributed by atoms with van der Waals surface area (Å²) in [6.45, 7) is 7.30. The molecule has 0 unspecified atom stereocenters. The fraction of sp³-hybridized carbons (Fsp3) is 0.500. The fourth-order valence-corrected chi connectivity index (χ4v) is 2.98. The van der Waals surface area contributed by atoms with Gasteiger partial charge in [0, 0.05) is 32.9 Å². The predicted octanol–water partition coefficient (Wildman–Crippen LogP) is 3.02. The van der Waals surface area contributed by atoms with Crippen LogP contribution in [0, 0.1) is 5.92 Å². The van der Waals surface area contributed by atoms with Crippen LogP contribution in [0.5, 0.6) is 0 Å². The molecule has 2 heterocycles. The molecule has 0 bridgehead atoms. The third kappa shape index (κ3) is 3.39. The smallest absolute Gasteiger partial charge is 0.0956 e. The number of morpholine rings is 1. The van der Waals surface area contributed by atoms with E-state index in [0.29, 0.717) is 5.92 Å². The molecule has 0 N–H and O–H groups in total. The highest BCUT2D eigenvalue weighted by molar-refractivity contribution is 5.18. The van der Waals surface area contributed by atoms with Gasteiger partial charge in [-0.15, -0.1) is 0 Å². The highest BCUT2D eigenvalue weighted by atomic mass is 16.5. The summed E-state index contributed by atoms with van der Waals surface area (Å²) in [6, 6.07) is 10.6. The Kier molecular flexibility index (Phi) is 4.60. The van der Waals surface area contributed by atoms with Crippen molar-refractivity contribution in [2.45, 2.75) is 32.6 Å². The summed E-state index contributed by atoms with van der Waals surface area (Å²) in [7, 11) is 2.05. The molecule has 1 fully saturated rings. The van der Waals surface area contributed by atoms with Crippen LogP contribution in [0.4, 0.5) is 0 Å². The Bertz CT molecular complexity index is 593. The minimum atomic E-state index is 0.149. The van der Waals surface area contributed by atoms with Crippen LogP contribution in [0.15, 0.2) is 42.9 Å². The average molecular weight is 299 g/mol. The normalized spacial score (nSPS) is 23.1. The second-order valence-corrected chi connectivity index (χ2v) is 6.51. The molecule has 2 aromatic rings. The largest absolute Gasteiger partial charge is 0.367 e. The first-order chi connectivity index (χ1) is 10.6. The molecule has 1 aliphatic rings. The van der Waals surface area contributed by atoms with Crippen molar-refractivity contribution in [3.63, 3.8) is 0 Å². The molecule has 0 aliphatic carbocycles. The summed E-state index contributed by atoms with van der Waals surface area (Å²) in [4.78, 5) is 6.71. The lowest BCUT2D eigenvalue weighted by Gasteiger charge is -2.40. The molecule has 118 valence electrons. The molecule has 3 rings (SSSR count). The van der Waals surface area contributed by atoms with Crippen molar-refractivity contribution in [2.75, 3.05) is 13.1 Å². The van der Waals surface area contributed by atoms with E-state index < -0.39 is 0 Å². The van der Waals surface area contributed by atoms with Crippen LogP contribution in [-0.2, 0) is 18.3 Å². The Morgan fingerprint density at radius 3 is 2.64 bits per heavy atom. The van der Waals surface area contributed by atoms with Crippen LogP contribution in [0.1, 0.15) is 31.2 Å². The van der Waals surface area contributed by atoms with E-state index in [4.69, 9.17) is 4.74 Å². The number of hydrogen-bond donors (Lipinski definition) is 0. The van der Waals surface area contributed by atoms with Gasteiger partial charge in [0.25, 0.3) is 0 Å². The lowest BCUT2D eigenvalue weighted by atomic mass is 10.0. The van der Waals surface area contributed by atoms with Crippen LogP contribution in [-0.4, -0.2) is 33.6 Å². The quantitative estimate of drug-likeness (QED) is 0.869. The number of imidazole rings is 1. The Balaban J connectivity index is 1.77. The van der Waals surface area contributed by atoms with E-state index in [1.54, 1.807) is 0 Å². The molecule has 1 aromatic carbocycles. The van der Waals surface area contributed by atoms with Crippen molar-refractivity contribution in [2.24, 2.45) is 13.0 Å².